The molecule has 1 aromatic heterocycles. The lowest BCUT2D eigenvalue weighted by molar-refractivity contribution is 0.0935. The number of amides is 2. The van der Waals surface area contributed by atoms with E-state index in [0.717, 1.165) is 30.4 Å². The molecule has 2 aliphatic rings. The van der Waals surface area contributed by atoms with E-state index in [2.05, 4.69) is 10.3 Å². The monoisotopic (exact) mass is 488 g/mol. The summed E-state index contributed by atoms with van der Waals surface area (Å²) in [5, 5.41) is 3.66. The molecule has 1 fully saturated rings. The number of carbonyl (C=O) groups excluding carboxylic acids is 2. The predicted octanol–water partition coefficient (Wildman–Crippen LogP) is 2.77. The lowest BCUT2D eigenvalue weighted by atomic mass is 10.0. The Morgan fingerprint density at radius 1 is 1.29 bits per heavy atom. The molecule has 0 saturated heterocycles. The van der Waals surface area contributed by atoms with E-state index in [-0.39, 0.29) is 23.5 Å². The molecule has 2 aromatic rings. The summed E-state index contributed by atoms with van der Waals surface area (Å²) in [6.45, 7) is 1.00. The highest BCUT2D eigenvalue weighted by Crippen LogP contribution is 2.29. The average molecular weight is 489 g/mol. The number of nitrogens with zero attached hydrogens (tertiary/aromatic N) is 1. The Bertz CT molecular complexity index is 1280. The summed E-state index contributed by atoms with van der Waals surface area (Å²) in [5.41, 5.74) is 0.701. The number of rotatable bonds is 7. The summed E-state index contributed by atoms with van der Waals surface area (Å²) >= 11 is 0. The molecule has 0 radical (unpaired) electrons. The van der Waals surface area contributed by atoms with Gasteiger partial charge in [0.2, 0.25) is 0 Å². The first kappa shape index (κ1) is 23.7. The number of ether oxygens (including phenoxy) is 1. The number of fused-ring (bicyclic) bond motifs is 1. The van der Waals surface area contributed by atoms with E-state index in [4.69, 9.17) is 9.52 Å². The summed E-state index contributed by atoms with van der Waals surface area (Å²) in [4.78, 5) is 41.6. The van der Waals surface area contributed by atoms with Crippen molar-refractivity contribution in [2.75, 3.05) is 19.7 Å². The van der Waals surface area contributed by atoms with Crippen LogP contribution in [0, 0.1) is 16.5 Å². The second kappa shape index (κ2) is 9.80. The van der Waals surface area contributed by atoms with Gasteiger partial charge >= 0.3 is 6.09 Å². The van der Waals surface area contributed by atoms with Gasteiger partial charge in [0.15, 0.2) is 0 Å². The van der Waals surface area contributed by atoms with Crippen molar-refractivity contribution in [3.63, 3.8) is 0 Å². The maximum absolute atomic E-state index is 13.0. The van der Waals surface area contributed by atoms with Gasteiger partial charge in [0.25, 0.3) is 11.5 Å². The third kappa shape index (κ3) is 5.71. The van der Waals surface area contributed by atoms with Crippen LogP contribution in [0.5, 0.6) is 0 Å². The van der Waals surface area contributed by atoms with E-state index in [9.17, 15) is 23.0 Å². The Hall–Kier alpha value is -3.47. The van der Waals surface area contributed by atoms with Crippen LogP contribution in [0.25, 0.3) is 0 Å². The molecule has 1 aromatic carbocycles. The van der Waals surface area contributed by atoms with Crippen LogP contribution in [0.3, 0.4) is 0 Å². The van der Waals surface area contributed by atoms with E-state index in [1.807, 2.05) is 0 Å². The number of nitrogens with one attached hydrogen (secondary N) is 3. The summed E-state index contributed by atoms with van der Waals surface area (Å²) in [6, 6.07) is 6.25. The van der Waals surface area contributed by atoms with Crippen LogP contribution in [0.2, 0.25) is 0 Å². The zero-order valence-electron chi connectivity index (χ0n) is 18.3. The zero-order chi connectivity index (χ0) is 24.3. The number of hydrogen-bond donors (Lipinski definition) is 3. The van der Waals surface area contributed by atoms with E-state index >= 15 is 0 Å². The normalized spacial score (nSPS) is 17.1. The molecule has 1 atom stereocenters. The fourth-order valence-electron chi connectivity index (χ4n) is 3.54. The highest BCUT2D eigenvalue weighted by Gasteiger charge is 2.27. The number of H-pyrrole nitrogens is 1. The van der Waals surface area contributed by atoms with Crippen LogP contribution >= 0.6 is 0 Å². The molecule has 3 N–H and O–H groups in total. The van der Waals surface area contributed by atoms with Crippen molar-refractivity contribution in [2.24, 2.45) is 5.92 Å². The first-order chi connectivity index (χ1) is 16.2. The van der Waals surface area contributed by atoms with Crippen molar-refractivity contribution in [3.05, 3.63) is 74.8 Å². The van der Waals surface area contributed by atoms with E-state index in [1.165, 1.54) is 24.3 Å². The Kier molecular flexibility index (Phi) is 6.82. The summed E-state index contributed by atoms with van der Waals surface area (Å²) < 4.78 is 38.7. The molecular weight excluding hydrogens is 463 g/mol. The molecule has 0 spiro atoms. The minimum absolute atomic E-state index is 0.0635. The first-order valence-electron chi connectivity index (χ1n) is 10.9. The molecule has 2 amide bonds. The summed E-state index contributed by atoms with van der Waals surface area (Å²) in [6.07, 6.45) is 3.56. The number of benzene rings is 1. The largest absolute Gasteiger partial charge is 0.449 e. The highest BCUT2D eigenvalue weighted by atomic mass is 32.2. The van der Waals surface area contributed by atoms with Crippen molar-refractivity contribution in [1.29, 1.82) is 4.78 Å². The predicted molar refractivity (Wildman–Crippen MR) is 122 cm³/mol. The lowest BCUT2D eigenvalue weighted by Gasteiger charge is -2.28. The molecule has 2 heterocycles. The van der Waals surface area contributed by atoms with Gasteiger partial charge in [0.1, 0.15) is 11.4 Å². The second-order valence-corrected chi connectivity index (χ2v) is 10.3. The summed E-state index contributed by atoms with van der Waals surface area (Å²) in [7, 11) is -3.30. The minimum atomic E-state index is -3.30. The molecule has 1 unspecified atom stereocenters. The zero-order valence-corrected chi connectivity index (χ0v) is 19.2. The Morgan fingerprint density at radius 3 is 2.74 bits per heavy atom. The fourth-order valence-corrected chi connectivity index (χ4v) is 4.61. The molecule has 1 aliphatic carbocycles. The third-order valence-electron chi connectivity index (χ3n) is 5.68. The van der Waals surface area contributed by atoms with E-state index in [0.29, 0.717) is 36.7 Å². The molecule has 180 valence electrons. The van der Waals surface area contributed by atoms with Crippen molar-refractivity contribution >= 4 is 21.7 Å². The van der Waals surface area contributed by atoms with Crippen LogP contribution in [0.15, 0.2) is 51.5 Å². The van der Waals surface area contributed by atoms with Crippen molar-refractivity contribution < 1.29 is 22.9 Å². The van der Waals surface area contributed by atoms with Gasteiger partial charge in [-0.1, -0.05) is 6.08 Å². The van der Waals surface area contributed by atoms with Crippen LogP contribution in [0.1, 0.15) is 34.5 Å². The maximum atomic E-state index is 13.0. The lowest BCUT2D eigenvalue weighted by Crippen LogP contribution is -2.39. The fraction of sp³-hybridized carbons (Fsp3) is 0.348. The Labute approximate surface area is 196 Å². The van der Waals surface area contributed by atoms with Crippen LogP contribution in [-0.2, 0) is 27.4 Å². The van der Waals surface area contributed by atoms with Gasteiger partial charge in [-0.3, -0.25) is 9.59 Å². The topological polar surface area (TPSA) is 132 Å². The quantitative estimate of drug-likeness (QED) is 0.551. The van der Waals surface area contributed by atoms with Crippen LogP contribution < -0.4 is 10.9 Å². The van der Waals surface area contributed by atoms with Gasteiger partial charge in [-0.05, 0) is 54.7 Å². The van der Waals surface area contributed by atoms with Gasteiger partial charge < -0.3 is 19.9 Å². The van der Waals surface area contributed by atoms with Crippen LogP contribution in [0.4, 0.5) is 9.18 Å². The molecular formula is C23H25FN4O5S. The molecule has 0 bridgehead atoms. The second-order valence-electron chi connectivity index (χ2n) is 8.34. The van der Waals surface area contributed by atoms with Gasteiger partial charge in [-0.15, -0.1) is 0 Å². The number of carbonyl (C=O) groups is 2. The first-order valence-corrected chi connectivity index (χ1v) is 12.5. The number of hydrogen-bond acceptors (Lipinski definition) is 6. The SMILES string of the molecule is N=S(=O)(/C=C/CNC(=O)c1cc2c([nH]c1=O)CCN(C(=O)OCC1CC1)C2)c1ccc(F)cc1. The van der Waals surface area contributed by atoms with Crippen molar-refractivity contribution in [2.45, 2.75) is 30.7 Å². The number of halogens is 1. The summed E-state index contributed by atoms with van der Waals surface area (Å²) in [5.74, 6) is -0.676. The highest BCUT2D eigenvalue weighted by molar-refractivity contribution is 7.95. The van der Waals surface area contributed by atoms with Crippen LogP contribution in [-0.4, -0.2) is 45.8 Å². The standard InChI is InChI=1S/C23H25FN4O5S/c24-17-4-6-18(7-5-17)34(25,32)11-1-9-26-21(29)19-12-16-13-28(10-8-20(16)27-22(19)30)23(31)33-14-15-2-3-15/h1,4-7,11-12,15,25H,2-3,8-10,13-14H2,(H,26,29)(H,27,30)/b11-1+. The molecule has 4 rings (SSSR count). The third-order valence-corrected chi connectivity index (χ3v) is 7.23. The van der Waals surface area contributed by atoms with Gasteiger partial charge in [-0.25, -0.2) is 18.2 Å². The van der Waals surface area contributed by atoms with E-state index < -0.39 is 33.1 Å². The van der Waals surface area contributed by atoms with Gasteiger partial charge in [0.05, 0.1) is 27.8 Å². The smallest absolute Gasteiger partial charge is 0.410 e. The van der Waals surface area contributed by atoms with Crippen molar-refractivity contribution in [3.8, 4) is 0 Å². The van der Waals surface area contributed by atoms with Crippen molar-refractivity contribution in [1.82, 2.24) is 15.2 Å². The van der Waals surface area contributed by atoms with Gasteiger partial charge in [-0.2, -0.15) is 0 Å². The Balaban J connectivity index is 1.37. The number of aromatic nitrogens is 1. The number of pyridine rings is 1. The van der Waals surface area contributed by atoms with Gasteiger partial charge in [0, 0.05) is 30.6 Å². The molecule has 9 nitrogen and oxygen atoms in total. The number of aromatic amines is 1. The molecule has 1 aliphatic heterocycles. The van der Waals surface area contributed by atoms with E-state index in [1.54, 1.807) is 4.90 Å². The molecule has 34 heavy (non-hydrogen) atoms. The Morgan fingerprint density at radius 2 is 2.03 bits per heavy atom. The average Bonchev–Trinajstić information content (AvgIpc) is 3.64. The maximum Gasteiger partial charge on any atom is 0.410 e. The molecule has 1 saturated carbocycles. The molecule has 11 heteroatoms. The minimum Gasteiger partial charge on any atom is -0.449 e.